The number of benzene rings is 1. The van der Waals surface area contributed by atoms with Crippen molar-refractivity contribution in [2.75, 3.05) is 37.7 Å². The van der Waals surface area contributed by atoms with E-state index in [-0.39, 0.29) is 51.3 Å². The monoisotopic (exact) mass is 625 g/mol. The SMILES string of the molecule is CC(C)(C)OC(=O)N1C2C=CC1CN(c1nc(OC[C@@]34CCCN3C[C@H](F)C4)nc3c(F)c(Br)c(Cl)cc13)C2. The molecule has 2 bridgehead atoms. The molecule has 5 heterocycles. The van der Waals surface area contributed by atoms with Crippen LogP contribution in [-0.4, -0.2) is 88.0 Å². The van der Waals surface area contributed by atoms with Gasteiger partial charge >= 0.3 is 12.1 Å². The molecule has 4 aliphatic heterocycles. The highest BCUT2D eigenvalue weighted by Gasteiger charge is 2.49. The molecule has 4 aliphatic rings. The van der Waals surface area contributed by atoms with E-state index in [2.05, 4.69) is 25.8 Å². The molecule has 0 saturated carbocycles. The molecule has 1 aromatic carbocycles. The van der Waals surface area contributed by atoms with Crippen LogP contribution in [-0.2, 0) is 4.74 Å². The van der Waals surface area contributed by atoms with E-state index >= 15 is 4.39 Å². The lowest BCUT2D eigenvalue weighted by molar-refractivity contribution is 0.0146. The van der Waals surface area contributed by atoms with Gasteiger partial charge in [-0.25, -0.2) is 13.6 Å². The fourth-order valence-electron chi connectivity index (χ4n) is 6.36. The number of piperazine rings is 1. The highest BCUT2D eigenvalue weighted by molar-refractivity contribution is 9.10. The summed E-state index contributed by atoms with van der Waals surface area (Å²) in [4.78, 5) is 28.0. The zero-order valence-electron chi connectivity index (χ0n) is 22.1. The number of aromatic nitrogens is 2. The first kappa shape index (κ1) is 27.0. The molecule has 1 amide bonds. The predicted molar refractivity (Wildman–Crippen MR) is 148 cm³/mol. The van der Waals surface area contributed by atoms with E-state index in [9.17, 15) is 9.18 Å². The maximum atomic E-state index is 15.4. The smallest absolute Gasteiger partial charge is 0.411 e. The van der Waals surface area contributed by atoms with E-state index in [0.717, 1.165) is 19.4 Å². The summed E-state index contributed by atoms with van der Waals surface area (Å²) in [5.41, 5.74) is -0.920. The molecule has 39 heavy (non-hydrogen) atoms. The predicted octanol–water partition coefficient (Wildman–Crippen LogP) is 5.50. The van der Waals surface area contributed by atoms with Gasteiger partial charge in [-0.05, 0) is 62.2 Å². The average Bonchev–Trinajstić information content (AvgIpc) is 3.47. The third-order valence-electron chi connectivity index (χ3n) is 8.01. The maximum absolute atomic E-state index is 15.4. The first-order chi connectivity index (χ1) is 18.4. The number of fused-ring (bicyclic) bond motifs is 4. The Morgan fingerprint density at radius 3 is 2.64 bits per heavy atom. The van der Waals surface area contributed by atoms with Crippen LogP contribution in [0.3, 0.4) is 0 Å². The second-order valence-electron chi connectivity index (χ2n) is 11.9. The summed E-state index contributed by atoms with van der Waals surface area (Å²) in [6.45, 7) is 7.84. The topological polar surface area (TPSA) is 71.0 Å². The first-order valence-electron chi connectivity index (χ1n) is 13.3. The molecule has 8 nitrogen and oxygen atoms in total. The highest BCUT2D eigenvalue weighted by atomic mass is 79.9. The van der Waals surface area contributed by atoms with Crippen molar-refractivity contribution >= 4 is 50.3 Å². The molecule has 6 rings (SSSR count). The van der Waals surface area contributed by atoms with Gasteiger partial charge < -0.3 is 14.4 Å². The second-order valence-corrected chi connectivity index (χ2v) is 13.1. The number of ether oxygens (including phenoxy) is 2. The van der Waals surface area contributed by atoms with Crippen LogP contribution in [0.4, 0.5) is 19.4 Å². The molecule has 4 atom stereocenters. The average molecular weight is 627 g/mol. The summed E-state index contributed by atoms with van der Waals surface area (Å²) in [7, 11) is 0. The molecule has 0 spiro atoms. The zero-order chi connectivity index (χ0) is 27.7. The third kappa shape index (κ3) is 4.84. The summed E-state index contributed by atoms with van der Waals surface area (Å²) in [5.74, 6) is -0.133. The number of carbonyl (C=O) groups excluding carboxylic acids is 1. The second kappa shape index (κ2) is 9.69. The molecule has 0 aliphatic carbocycles. The normalized spacial score (nSPS) is 28.4. The van der Waals surface area contributed by atoms with Gasteiger partial charge in [0.2, 0.25) is 0 Å². The summed E-state index contributed by atoms with van der Waals surface area (Å²) < 4.78 is 41.6. The Bertz CT molecular complexity index is 1340. The number of hydrogen-bond acceptors (Lipinski definition) is 7. The summed E-state index contributed by atoms with van der Waals surface area (Å²) in [6.07, 6.45) is 4.94. The van der Waals surface area contributed by atoms with Crippen molar-refractivity contribution in [1.29, 1.82) is 0 Å². The molecule has 2 unspecified atom stereocenters. The van der Waals surface area contributed by atoms with E-state index in [1.807, 2.05) is 37.8 Å². The van der Waals surface area contributed by atoms with E-state index in [0.29, 0.717) is 37.3 Å². The maximum Gasteiger partial charge on any atom is 0.411 e. The Kier molecular flexibility index (Phi) is 6.70. The van der Waals surface area contributed by atoms with Gasteiger partial charge in [-0.15, -0.1) is 0 Å². The number of alkyl halides is 1. The van der Waals surface area contributed by atoms with Gasteiger partial charge in [0.05, 0.1) is 27.1 Å². The van der Waals surface area contributed by atoms with Crippen molar-refractivity contribution in [3.8, 4) is 6.01 Å². The molecule has 3 fully saturated rings. The van der Waals surface area contributed by atoms with E-state index in [1.54, 1.807) is 11.0 Å². The quantitative estimate of drug-likeness (QED) is 0.328. The number of nitrogens with zero attached hydrogens (tertiary/aromatic N) is 5. The van der Waals surface area contributed by atoms with Gasteiger partial charge in [0.15, 0.2) is 5.82 Å². The number of amides is 1. The van der Waals surface area contributed by atoms with Crippen molar-refractivity contribution in [2.24, 2.45) is 0 Å². The van der Waals surface area contributed by atoms with Gasteiger partial charge in [-0.3, -0.25) is 9.80 Å². The van der Waals surface area contributed by atoms with Crippen molar-refractivity contribution < 1.29 is 23.0 Å². The zero-order valence-corrected chi connectivity index (χ0v) is 24.4. The summed E-state index contributed by atoms with van der Waals surface area (Å²) in [5, 5.41) is 0.649. The van der Waals surface area contributed by atoms with Crippen LogP contribution < -0.4 is 9.64 Å². The van der Waals surface area contributed by atoms with E-state index < -0.39 is 17.6 Å². The Balaban J connectivity index is 1.32. The molecule has 0 N–H and O–H groups in total. The minimum atomic E-state index is -0.887. The Hall–Kier alpha value is -2.24. The van der Waals surface area contributed by atoms with E-state index in [1.165, 1.54) is 0 Å². The minimum absolute atomic E-state index is 0.0315. The lowest BCUT2D eigenvalue weighted by Gasteiger charge is -2.42. The Labute approximate surface area is 239 Å². The van der Waals surface area contributed by atoms with Gasteiger partial charge in [-0.1, -0.05) is 23.8 Å². The Morgan fingerprint density at radius 1 is 1.23 bits per heavy atom. The molecule has 0 radical (unpaired) electrons. The highest BCUT2D eigenvalue weighted by Crippen LogP contribution is 2.41. The molecular weight excluding hydrogens is 596 g/mol. The van der Waals surface area contributed by atoms with Crippen LogP contribution in [0.15, 0.2) is 22.7 Å². The van der Waals surface area contributed by atoms with Crippen molar-refractivity contribution in [1.82, 2.24) is 19.8 Å². The molecule has 1 aromatic heterocycles. The largest absolute Gasteiger partial charge is 0.461 e. The van der Waals surface area contributed by atoms with Crippen LogP contribution in [0, 0.1) is 5.82 Å². The number of carbonyl (C=O) groups is 1. The molecular formula is C27H31BrClF2N5O3. The Morgan fingerprint density at radius 2 is 1.95 bits per heavy atom. The third-order valence-corrected chi connectivity index (χ3v) is 9.31. The van der Waals surface area contributed by atoms with Crippen LogP contribution in [0.1, 0.15) is 40.0 Å². The number of anilines is 1. The lowest BCUT2D eigenvalue weighted by Crippen LogP contribution is -2.57. The van der Waals surface area contributed by atoms with Gasteiger partial charge in [0.25, 0.3) is 0 Å². The number of hydrogen-bond donors (Lipinski definition) is 0. The summed E-state index contributed by atoms with van der Waals surface area (Å²) in [6, 6.07) is 1.19. The fourth-order valence-corrected chi connectivity index (χ4v) is 6.85. The van der Waals surface area contributed by atoms with Gasteiger partial charge in [0.1, 0.15) is 29.7 Å². The minimum Gasteiger partial charge on any atom is -0.461 e. The summed E-state index contributed by atoms with van der Waals surface area (Å²) >= 11 is 9.56. The first-order valence-corrected chi connectivity index (χ1v) is 14.4. The number of halogens is 4. The van der Waals surface area contributed by atoms with Crippen LogP contribution >= 0.6 is 27.5 Å². The van der Waals surface area contributed by atoms with Crippen molar-refractivity contribution in [2.45, 2.75) is 69.4 Å². The number of rotatable bonds is 4. The van der Waals surface area contributed by atoms with Crippen molar-refractivity contribution in [3.05, 3.63) is 33.5 Å². The molecule has 2 aromatic rings. The van der Waals surface area contributed by atoms with Crippen LogP contribution in [0.5, 0.6) is 6.01 Å². The fraction of sp³-hybridized carbons (Fsp3) is 0.593. The van der Waals surface area contributed by atoms with Crippen LogP contribution in [0.25, 0.3) is 10.9 Å². The van der Waals surface area contributed by atoms with Gasteiger partial charge in [0, 0.05) is 31.4 Å². The van der Waals surface area contributed by atoms with Gasteiger partial charge in [-0.2, -0.15) is 9.97 Å². The molecule has 210 valence electrons. The lowest BCUT2D eigenvalue weighted by atomic mass is 9.95. The molecule has 3 saturated heterocycles. The molecule has 12 heteroatoms. The van der Waals surface area contributed by atoms with E-state index in [4.69, 9.17) is 26.1 Å². The van der Waals surface area contributed by atoms with Crippen LogP contribution in [0.2, 0.25) is 5.02 Å². The van der Waals surface area contributed by atoms with Crippen molar-refractivity contribution in [3.63, 3.8) is 0 Å². The standard InChI is InChI=1S/C27H31BrClF2N5O3/c1-26(2,3)39-25(37)36-16-5-6-17(36)13-34(12-16)23-18-9-19(29)20(28)21(31)22(18)32-24(33-23)38-14-27-7-4-8-35(27)11-15(30)10-27/h5-6,9,15-17H,4,7-8,10-14H2,1-3H3/t15-,16?,17?,27+/m1/s1.